The van der Waals surface area contributed by atoms with Gasteiger partial charge < -0.3 is 19.9 Å². The molecule has 9 nitrogen and oxygen atoms in total. The van der Waals surface area contributed by atoms with E-state index in [9.17, 15) is 18.8 Å². The fraction of sp³-hybridized carbons (Fsp3) is 0.333. The number of ether oxygens (including phenoxy) is 1. The first-order chi connectivity index (χ1) is 21.3. The molecule has 44 heavy (non-hydrogen) atoms. The number of nitrogens with zero attached hydrogens (tertiary/aromatic N) is 4. The summed E-state index contributed by atoms with van der Waals surface area (Å²) in [6.07, 6.45) is 0.634. The first kappa shape index (κ1) is 31.1. The summed E-state index contributed by atoms with van der Waals surface area (Å²) in [6.45, 7) is 7.06. The Hall–Kier alpha value is -4.35. The number of rotatable bonds is 11. The summed E-state index contributed by atoms with van der Waals surface area (Å²) in [5, 5.41) is 3.11. The molecule has 1 N–H and O–H groups in total. The van der Waals surface area contributed by atoms with Crippen LogP contribution in [0.4, 0.5) is 21.5 Å². The number of carbonyl (C=O) groups is 3. The number of halogens is 1. The molecule has 0 unspecified atom stereocenters. The van der Waals surface area contributed by atoms with Crippen LogP contribution in [0.3, 0.4) is 0 Å². The van der Waals surface area contributed by atoms with Crippen molar-refractivity contribution in [2.24, 2.45) is 0 Å². The molecule has 11 heteroatoms. The molecular weight excluding hydrogens is 581 g/mol. The highest BCUT2D eigenvalue weighted by Gasteiger charge is 2.44. The van der Waals surface area contributed by atoms with Gasteiger partial charge in [0.2, 0.25) is 5.91 Å². The van der Waals surface area contributed by atoms with E-state index in [1.165, 1.54) is 34.9 Å². The number of para-hydroxylation sites is 1. The Morgan fingerprint density at radius 1 is 0.909 bits per heavy atom. The van der Waals surface area contributed by atoms with Crippen LogP contribution in [0.5, 0.6) is 0 Å². The van der Waals surface area contributed by atoms with Gasteiger partial charge in [-0.25, -0.2) is 9.18 Å². The minimum Gasteiger partial charge on any atom is -0.462 e. The summed E-state index contributed by atoms with van der Waals surface area (Å²) < 4.78 is 18.6. The quantitative estimate of drug-likeness (QED) is 0.248. The standard InChI is InChI=1S/C33H36FN5O4S/c1-2-43-32(42)24-9-13-26(14-10-24)35-30(40)23-29-31(41)39(28-15-11-25(34)12-16-28)33(44)38(29)18-6-17-36-19-21-37(22-20-36)27-7-4-3-5-8-27/h3-5,7-16,29H,2,6,17-23H2,1H3,(H,35,40)/t29-/m1/s1. The third kappa shape index (κ3) is 7.40. The molecule has 2 aliphatic rings. The number of hydrogen-bond donors (Lipinski definition) is 1. The third-order valence-corrected chi connectivity index (χ3v) is 8.25. The monoisotopic (exact) mass is 617 g/mol. The fourth-order valence-electron chi connectivity index (χ4n) is 5.54. The lowest BCUT2D eigenvalue weighted by Crippen LogP contribution is -2.47. The molecule has 5 rings (SSSR count). The molecule has 0 spiro atoms. The molecule has 2 fully saturated rings. The van der Waals surface area contributed by atoms with Gasteiger partial charge in [0.05, 0.1) is 24.3 Å². The van der Waals surface area contributed by atoms with Gasteiger partial charge in [-0.2, -0.15) is 0 Å². The Kier molecular flexibility index (Phi) is 10.2. The Bertz CT molecular complexity index is 1460. The maximum atomic E-state index is 13.7. The smallest absolute Gasteiger partial charge is 0.338 e. The van der Waals surface area contributed by atoms with Gasteiger partial charge in [0.25, 0.3) is 5.91 Å². The summed E-state index contributed by atoms with van der Waals surface area (Å²) >= 11 is 5.75. The highest BCUT2D eigenvalue weighted by Crippen LogP contribution is 2.28. The second-order valence-corrected chi connectivity index (χ2v) is 11.1. The second-order valence-electron chi connectivity index (χ2n) is 10.7. The zero-order chi connectivity index (χ0) is 31.1. The van der Waals surface area contributed by atoms with Gasteiger partial charge in [0, 0.05) is 44.1 Å². The van der Waals surface area contributed by atoms with Gasteiger partial charge in [-0.05, 0) is 92.8 Å². The van der Waals surface area contributed by atoms with E-state index in [-0.39, 0.29) is 24.8 Å². The number of carbonyl (C=O) groups excluding carboxylic acids is 3. The minimum atomic E-state index is -0.804. The van der Waals surface area contributed by atoms with Gasteiger partial charge >= 0.3 is 5.97 Å². The lowest BCUT2D eigenvalue weighted by Gasteiger charge is -2.36. The Morgan fingerprint density at radius 3 is 2.25 bits per heavy atom. The number of piperazine rings is 1. The molecule has 2 amide bonds. The molecule has 3 aromatic rings. The van der Waals surface area contributed by atoms with Crippen molar-refractivity contribution in [2.45, 2.75) is 25.8 Å². The lowest BCUT2D eigenvalue weighted by molar-refractivity contribution is -0.124. The van der Waals surface area contributed by atoms with Crippen molar-refractivity contribution in [1.82, 2.24) is 9.80 Å². The van der Waals surface area contributed by atoms with Crippen LogP contribution in [0.2, 0.25) is 0 Å². The van der Waals surface area contributed by atoms with Crippen LogP contribution in [0.1, 0.15) is 30.1 Å². The fourth-order valence-corrected chi connectivity index (χ4v) is 5.95. The SMILES string of the molecule is CCOC(=O)c1ccc(NC(=O)C[C@@H]2C(=O)N(c3ccc(F)cc3)C(=S)N2CCCN2CCN(c3ccccc3)CC2)cc1. The van der Waals surface area contributed by atoms with Crippen molar-refractivity contribution in [1.29, 1.82) is 0 Å². The van der Waals surface area contributed by atoms with Crippen LogP contribution in [-0.4, -0.2) is 84.6 Å². The molecule has 3 aromatic carbocycles. The van der Waals surface area contributed by atoms with Crippen molar-refractivity contribution in [3.8, 4) is 0 Å². The predicted octanol–water partition coefficient (Wildman–Crippen LogP) is 4.55. The number of hydrogen-bond acceptors (Lipinski definition) is 7. The van der Waals surface area contributed by atoms with Crippen LogP contribution in [-0.2, 0) is 14.3 Å². The molecule has 2 saturated heterocycles. The van der Waals surface area contributed by atoms with E-state index >= 15 is 0 Å². The molecule has 0 saturated carbocycles. The van der Waals surface area contributed by atoms with Crippen LogP contribution in [0, 0.1) is 5.82 Å². The van der Waals surface area contributed by atoms with Crippen molar-refractivity contribution >= 4 is 52.2 Å². The highest BCUT2D eigenvalue weighted by molar-refractivity contribution is 7.80. The summed E-state index contributed by atoms with van der Waals surface area (Å²) in [6, 6.07) is 21.5. The summed E-state index contributed by atoms with van der Waals surface area (Å²) in [5.74, 6) is -1.55. The number of anilines is 3. The number of benzene rings is 3. The van der Waals surface area contributed by atoms with Crippen molar-refractivity contribution in [3.05, 3.63) is 90.2 Å². The van der Waals surface area contributed by atoms with Crippen LogP contribution in [0.15, 0.2) is 78.9 Å². The molecule has 230 valence electrons. The van der Waals surface area contributed by atoms with Crippen LogP contribution < -0.4 is 15.1 Å². The summed E-state index contributed by atoms with van der Waals surface area (Å²) in [5.41, 5.74) is 2.56. The maximum absolute atomic E-state index is 13.7. The van der Waals surface area contributed by atoms with Crippen LogP contribution in [0.25, 0.3) is 0 Å². The normalized spacial score (nSPS) is 17.2. The topological polar surface area (TPSA) is 85.4 Å². The van der Waals surface area contributed by atoms with Crippen molar-refractivity contribution in [3.63, 3.8) is 0 Å². The average Bonchev–Trinajstić information content (AvgIpc) is 3.26. The zero-order valence-corrected chi connectivity index (χ0v) is 25.5. The van der Waals surface area contributed by atoms with E-state index in [2.05, 4.69) is 39.4 Å². The van der Waals surface area contributed by atoms with E-state index in [1.807, 2.05) is 11.0 Å². The number of nitrogens with one attached hydrogen (secondary N) is 1. The number of thiocarbonyl (C=S) groups is 1. The molecule has 0 aromatic heterocycles. The largest absolute Gasteiger partial charge is 0.462 e. The average molecular weight is 618 g/mol. The van der Waals surface area contributed by atoms with Crippen molar-refractivity contribution < 1.29 is 23.5 Å². The first-order valence-electron chi connectivity index (χ1n) is 14.8. The molecular formula is C33H36FN5O4S. The predicted molar refractivity (Wildman–Crippen MR) is 172 cm³/mol. The van der Waals surface area contributed by atoms with Gasteiger partial charge in [-0.1, -0.05) is 18.2 Å². The van der Waals surface area contributed by atoms with E-state index in [0.29, 0.717) is 28.6 Å². The Labute approximate surface area is 262 Å². The summed E-state index contributed by atoms with van der Waals surface area (Å²) in [7, 11) is 0. The molecule has 0 aliphatic carbocycles. The maximum Gasteiger partial charge on any atom is 0.338 e. The van der Waals surface area contributed by atoms with E-state index < -0.39 is 17.8 Å². The molecule has 0 radical (unpaired) electrons. The van der Waals surface area contributed by atoms with Gasteiger partial charge in [0.15, 0.2) is 5.11 Å². The van der Waals surface area contributed by atoms with E-state index in [1.54, 1.807) is 31.2 Å². The Balaban J connectivity index is 1.22. The molecule has 1 atom stereocenters. The third-order valence-electron chi connectivity index (χ3n) is 7.83. The zero-order valence-electron chi connectivity index (χ0n) is 24.7. The lowest BCUT2D eigenvalue weighted by atomic mass is 10.1. The number of amides is 2. The van der Waals surface area contributed by atoms with Gasteiger partial charge in [-0.15, -0.1) is 0 Å². The van der Waals surface area contributed by atoms with Gasteiger partial charge in [-0.3, -0.25) is 19.4 Å². The van der Waals surface area contributed by atoms with E-state index in [0.717, 1.165) is 39.1 Å². The van der Waals surface area contributed by atoms with Gasteiger partial charge in [0.1, 0.15) is 11.9 Å². The minimum absolute atomic E-state index is 0.119. The summed E-state index contributed by atoms with van der Waals surface area (Å²) in [4.78, 5) is 46.7. The van der Waals surface area contributed by atoms with E-state index in [4.69, 9.17) is 17.0 Å². The first-order valence-corrected chi connectivity index (χ1v) is 15.2. The Morgan fingerprint density at radius 2 is 1.59 bits per heavy atom. The second kappa shape index (κ2) is 14.4. The molecule has 2 aliphatic heterocycles. The van der Waals surface area contributed by atoms with Crippen molar-refractivity contribution in [2.75, 3.05) is 61.0 Å². The molecule has 2 heterocycles. The highest BCUT2D eigenvalue weighted by atomic mass is 32.1. The number of esters is 1. The molecule has 0 bridgehead atoms. The van der Waals surface area contributed by atoms with Crippen LogP contribution >= 0.6 is 12.2 Å².